The SMILES string of the molecule is CN=C(NCCCc1nc(C)no1)NCC(c1ccc(OC)cc1)N1CCOCC1.I. The summed E-state index contributed by atoms with van der Waals surface area (Å²) in [6.07, 6.45) is 1.63. The van der Waals surface area contributed by atoms with Crippen molar-refractivity contribution in [2.45, 2.75) is 25.8 Å². The number of nitrogens with one attached hydrogen (secondary N) is 2. The molecule has 1 aromatic carbocycles. The number of aliphatic imine (C=N–C) groups is 1. The zero-order valence-corrected chi connectivity index (χ0v) is 20.8. The van der Waals surface area contributed by atoms with Crippen molar-refractivity contribution in [1.82, 2.24) is 25.7 Å². The molecule has 1 aliphatic heterocycles. The van der Waals surface area contributed by atoms with Gasteiger partial charge in [-0.15, -0.1) is 24.0 Å². The monoisotopic (exact) mass is 544 g/mol. The van der Waals surface area contributed by atoms with Crippen LogP contribution < -0.4 is 15.4 Å². The van der Waals surface area contributed by atoms with Crippen LogP contribution in [0.3, 0.4) is 0 Å². The fourth-order valence-electron chi connectivity index (χ4n) is 3.47. The molecule has 1 aromatic heterocycles. The number of aromatic nitrogens is 2. The van der Waals surface area contributed by atoms with E-state index >= 15 is 0 Å². The number of methoxy groups -OCH3 is 1. The zero-order valence-electron chi connectivity index (χ0n) is 18.5. The molecule has 2 heterocycles. The maximum absolute atomic E-state index is 5.54. The number of rotatable bonds is 9. The van der Waals surface area contributed by atoms with E-state index in [1.807, 2.05) is 19.1 Å². The van der Waals surface area contributed by atoms with Gasteiger partial charge in [0.2, 0.25) is 5.89 Å². The standard InChI is InChI=1S/C21H32N6O3.HI/c1-16-25-20(30-26-16)5-4-10-23-21(22-2)24-15-19(27-11-13-29-14-12-27)17-6-8-18(28-3)9-7-17;/h6-9,19H,4-5,10-15H2,1-3H3,(H2,22,23,24);1H. The third kappa shape index (κ3) is 7.93. The fraction of sp³-hybridized carbons (Fsp3) is 0.571. The second kappa shape index (κ2) is 13.5. The highest BCUT2D eigenvalue weighted by Crippen LogP contribution is 2.23. The Labute approximate surface area is 201 Å². The lowest BCUT2D eigenvalue weighted by Gasteiger charge is -2.35. The van der Waals surface area contributed by atoms with Crippen molar-refractivity contribution in [3.05, 3.63) is 41.5 Å². The van der Waals surface area contributed by atoms with Crippen LogP contribution >= 0.6 is 24.0 Å². The van der Waals surface area contributed by atoms with E-state index < -0.39 is 0 Å². The largest absolute Gasteiger partial charge is 0.497 e. The lowest BCUT2D eigenvalue weighted by molar-refractivity contribution is 0.0170. The Morgan fingerprint density at radius 2 is 1.97 bits per heavy atom. The molecule has 3 rings (SSSR count). The van der Waals surface area contributed by atoms with Crippen LogP contribution in [-0.2, 0) is 11.2 Å². The van der Waals surface area contributed by atoms with E-state index in [1.165, 1.54) is 5.56 Å². The molecule has 0 aliphatic carbocycles. The van der Waals surface area contributed by atoms with E-state index in [4.69, 9.17) is 14.0 Å². The predicted molar refractivity (Wildman–Crippen MR) is 130 cm³/mol. The van der Waals surface area contributed by atoms with Gasteiger partial charge in [0.25, 0.3) is 0 Å². The minimum Gasteiger partial charge on any atom is -0.497 e. The molecule has 1 unspecified atom stereocenters. The summed E-state index contributed by atoms with van der Waals surface area (Å²) >= 11 is 0. The van der Waals surface area contributed by atoms with E-state index in [-0.39, 0.29) is 30.0 Å². The molecule has 2 N–H and O–H groups in total. The molecule has 0 radical (unpaired) electrons. The Hall–Kier alpha value is -1.92. The van der Waals surface area contributed by atoms with Crippen LogP contribution in [-0.4, -0.2) is 74.6 Å². The Bertz CT molecular complexity index is 793. The van der Waals surface area contributed by atoms with Crippen molar-refractivity contribution in [3.8, 4) is 5.75 Å². The molecule has 2 aromatic rings. The summed E-state index contributed by atoms with van der Waals surface area (Å²) in [6.45, 7) is 6.68. The van der Waals surface area contributed by atoms with Gasteiger partial charge in [0, 0.05) is 39.6 Å². The number of benzene rings is 1. The normalized spacial score (nSPS) is 15.8. The van der Waals surface area contributed by atoms with E-state index in [9.17, 15) is 0 Å². The zero-order chi connectivity index (χ0) is 21.2. The number of hydrogen-bond acceptors (Lipinski definition) is 7. The van der Waals surface area contributed by atoms with Gasteiger partial charge in [-0.1, -0.05) is 17.3 Å². The van der Waals surface area contributed by atoms with E-state index in [0.717, 1.165) is 63.9 Å². The number of ether oxygens (including phenoxy) is 2. The van der Waals surface area contributed by atoms with Crippen LogP contribution in [0.15, 0.2) is 33.8 Å². The van der Waals surface area contributed by atoms with Gasteiger partial charge in [-0.25, -0.2) is 0 Å². The highest BCUT2D eigenvalue weighted by molar-refractivity contribution is 14.0. The van der Waals surface area contributed by atoms with Gasteiger partial charge in [0.15, 0.2) is 11.8 Å². The molecule has 9 nitrogen and oxygen atoms in total. The number of halogens is 1. The molecule has 0 bridgehead atoms. The molecule has 31 heavy (non-hydrogen) atoms. The molecule has 172 valence electrons. The number of nitrogens with zero attached hydrogens (tertiary/aromatic N) is 4. The lowest BCUT2D eigenvalue weighted by atomic mass is 10.0. The molecule has 10 heteroatoms. The first-order valence-corrected chi connectivity index (χ1v) is 10.4. The Balaban J connectivity index is 0.00000341. The number of hydrogen-bond donors (Lipinski definition) is 2. The molecule has 0 amide bonds. The molecule has 1 atom stereocenters. The smallest absolute Gasteiger partial charge is 0.226 e. The van der Waals surface area contributed by atoms with Crippen LogP contribution in [0, 0.1) is 6.92 Å². The summed E-state index contributed by atoms with van der Waals surface area (Å²) in [5.74, 6) is 2.98. The van der Waals surface area contributed by atoms with Gasteiger partial charge in [0.05, 0.1) is 26.4 Å². The summed E-state index contributed by atoms with van der Waals surface area (Å²) in [6, 6.07) is 8.50. The number of guanidine groups is 1. The Morgan fingerprint density at radius 1 is 1.23 bits per heavy atom. The topological polar surface area (TPSA) is 97.0 Å². The van der Waals surface area contributed by atoms with E-state index in [2.05, 4.69) is 42.8 Å². The van der Waals surface area contributed by atoms with Crippen LogP contribution in [0.1, 0.15) is 29.7 Å². The van der Waals surface area contributed by atoms with Crippen LogP contribution in [0.25, 0.3) is 0 Å². The summed E-state index contributed by atoms with van der Waals surface area (Å²) in [5.41, 5.74) is 1.24. The first-order chi connectivity index (χ1) is 14.7. The minimum absolute atomic E-state index is 0. The summed E-state index contributed by atoms with van der Waals surface area (Å²) in [7, 11) is 3.47. The van der Waals surface area contributed by atoms with Gasteiger partial charge in [0.1, 0.15) is 5.75 Å². The Morgan fingerprint density at radius 3 is 2.58 bits per heavy atom. The molecule has 1 saturated heterocycles. The summed E-state index contributed by atoms with van der Waals surface area (Å²) in [4.78, 5) is 11.0. The molecular formula is C21H33IN6O3. The molecular weight excluding hydrogens is 511 g/mol. The maximum atomic E-state index is 5.54. The third-order valence-electron chi connectivity index (χ3n) is 5.10. The van der Waals surface area contributed by atoms with Crippen molar-refractivity contribution in [3.63, 3.8) is 0 Å². The van der Waals surface area contributed by atoms with Crippen LogP contribution in [0.4, 0.5) is 0 Å². The van der Waals surface area contributed by atoms with E-state index in [0.29, 0.717) is 11.7 Å². The van der Waals surface area contributed by atoms with Gasteiger partial charge in [-0.3, -0.25) is 9.89 Å². The second-order valence-electron chi connectivity index (χ2n) is 7.16. The third-order valence-corrected chi connectivity index (χ3v) is 5.10. The number of morpholine rings is 1. The van der Waals surface area contributed by atoms with Crippen molar-refractivity contribution < 1.29 is 14.0 Å². The van der Waals surface area contributed by atoms with Gasteiger partial charge < -0.3 is 24.6 Å². The Kier molecular flexibility index (Phi) is 11.0. The fourth-order valence-corrected chi connectivity index (χ4v) is 3.47. The van der Waals surface area contributed by atoms with Crippen LogP contribution in [0.5, 0.6) is 5.75 Å². The van der Waals surface area contributed by atoms with Gasteiger partial charge >= 0.3 is 0 Å². The minimum atomic E-state index is 0. The summed E-state index contributed by atoms with van der Waals surface area (Å²) < 4.78 is 16.0. The summed E-state index contributed by atoms with van der Waals surface area (Å²) in [5, 5.41) is 10.6. The first-order valence-electron chi connectivity index (χ1n) is 10.4. The second-order valence-corrected chi connectivity index (χ2v) is 7.16. The van der Waals surface area contributed by atoms with Gasteiger partial charge in [-0.05, 0) is 31.0 Å². The average Bonchev–Trinajstić information content (AvgIpc) is 3.21. The molecule has 1 fully saturated rings. The van der Waals surface area contributed by atoms with Crippen molar-refractivity contribution in [2.75, 3.05) is 53.6 Å². The molecule has 1 aliphatic rings. The molecule has 0 saturated carbocycles. The first kappa shape index (κ1) is 25.3. The quantitative estimate of drug-likeness (QED) is 0.215. The number of aryl methyl sites for hydroxylation is 2. The maximum Gasteiger partial charge on any atom is 0.226 e. The average molecular weight is 544 g/mol. The van der Waals surface area contributed by atoms with Gasteiger partial charge in [-0.2, -0.15) is 4.98 Å². The highest BCUT2D eigenvalue weighted by Gasteiger charge is 2.23. The highest BCUT2D eigenvalue weighted by atomic mass is 127. The van der Waals surface area contributed by atoms with Crippen LogP contribution in [0.2, 0.25) is 0 Å². The van der Waals surface area contributed by atoms with Crippen molar-refractivity contribution in [2.24, 2.45) is 4.99 Å². The van der Waals surface area contributed by atoms with Crippen molar-refractivity contribution in [1.29, 1.82) is 0 Å². The van der Waals surface area contributed by atoms with E-state index in [1.54, 1.807) is 14.2 Å². The lowest BCUT2D eigenvalue weighted by Crippen LogP contribution is -2.46. The van der Waals surface area contributed by atoms with Crippen molar-refractivity contribution >= 4 is 29.9 Å². The molecule has 0 spiro atoms. The predicted octanol–water partition coefficient (Wildman–Crippen LogP) is 2.18.